The molecule has 0 aromatic carbocycles. The van der Waals surface area contributed by atoms with Crippen LogP contribution in [0.15, 0.2) is 0 Å². The van der Waals surface area contributed by atoms with Crippen LogP contribution in [0.4, 0.5) is 8.78 Å². The topological polar surface area (TPSA) is 0 Å². The van der Waals surface area contributed by atoms with Gasteiger partial charge in [-0.3, -0.25) is 0 Å². The summed E-state index contributed by atoms with van der Waals surface area (Å²) in [5.41, 5.74) is -1.24. The van der Waals surface area contributed by atoms with Crippen molar-refractivity contribution in [3.63, 3.8) is 0 Å². The largest absolute Gasteiger partial charge is 0.253 e. The Morgan fingerprint density at radius 2 is 1.17 bits per heavy atom. The molecule has 0 aliphatic carbocycles. The highest BCUT2D eigenvalue weighted by Crippen LogP contribution is 2.43. The van der Waals surface area contributed by atoms with Gasteiger partial charge in [0, 0.05) is 11.8 Å². The molecule has 0 aromatic heterocycles. The van der Waals surface area contributed by atoms with Gasteiger partial charge in [0.1, 0.15) is 0 Å². The molecular formula is C10H20F2. The Morgan fingerprint density at radius 3 is 1.25 bits per heavy atom. The number of alkyl halides is 2. The van der Waals surface area contributed by atoms with Gasteiger partial charge in [0.25, 0.3) is 5.92 Å². The molecule has 0 aromatic rings. The van der Waals surface area contributed by atoms with Gasteiger partial charge < -0.3 is 0 Å². The summed E-state index contributed by atoms with van der Waals surface area (Å²) in [7, 11) is 0. The highest BCUT2D eigenvalue weighted by Gasteiger charge is 2.45. The first kappa shape index (κ1) is 11.9. The van der Waals surface area contributed by atoms with Crippen molar-refractivity contribution in [2.24, 2.45) is 10.8 Å². The number of hydrogen-bond acceptors (Lipinski definition) is 0. The van der Waals surface area contributed by atoms with E-state index in [1.165, 1.54) is 0 Å². The van der Waals surface area contributed by atoms with Crippen LogP contribution in [0, 0.1) is 10.8 Å². The van der Waals surface area contributed by atoms with Crippen LogP contribution >= 0.6 is 0 Å². The Bertz CT molecular complexity index is 146. The van der Waals surface area contributed by atoms with Crippen LogP contribution in [0.1, 0.15) is 48.0 Å². The molecule has 0 heterocycles. The zero-order valence-corrected chi connectivity index (χ0v) is 8.96. The van der Waals surface area contributed by atoms with E-state index in [1.807, 2.05) is 20.8 Å². The molecular weight excluding hydrogens is 158 g/mol. The first-order valence-electron chi connectivity index (χ1n) is 4.34. The van der Waals surface area contributed by atoms with Gasteiger partial charge >= 0.3 is 0 Å². The Labute approximate surface area is 74.4 Å². The monoisotopic (exact) mass is 178 g/mol. The van der Waals surface area contributed by atoms with E-state index in [0.29, 0.717) is 0 Å². The van der Waals surface area contributed by atoms with Gasteiger partial charge in [-0.25, -0.2) is 8.78 Å². The van der Waals surface area contributed by atoms with Crippen LogP contribution in [-0.4, -0.2) is 5.92 Å². The second-order valence-corrected chi connectivity index (χ2v) is 5.69. The van der Waals surface area contributed by atoms with E-state index < -0.39 is 11.3 Å². The fourth-order valence-corrected chi connectivity index (χ4v) is 0.931. The van der Waals surface area contributed by atoms with Crippen molar-refractivity contribution in [2.45, 2.75) is 53.9 Å². The highest BCUT2D eigenvalue weighted by atomic mass is 19.3. The van der Waals surface area contributed by atoms with Gasteiger partial charge in [-0.1, -0.05) is 41.5 Å². The summed E-state index contributed by atoms with van der Waals surface area (Å²) >= 11 is 0. The fourth-order valence-electron chi connectivity index (χ4n) is 0.931. The number of rotatable bonds is 1. The molecule has 2 heteroatoms. The molecule has 0 bridgehead atoms. The first-order chi connectivity index (χ1) is 4.96. The summed E-state index contributed by atoms with van der Waals surface area (Å²) in [5.74, 6) is -2.58. The maximum Gasteiger partial charge on any atom is 0.253 e. The van der Waals surface area contributed by atoms with Crippen LogP contribution in [0.25, 0.3) is 0 Å². The van der Waals surface area contributed by atoms with Crippen molar-refractivity contribution in [1.29, 1.82) is 0 Å². The van der Waals surface area contributed by atoms with Gasteiger partial charge in [-0.15, -0.1) is 0 Å². The summed E-state index contributed by atoms with van der Waals surface area (Å²) in [4.78, 5) is 0. The van der Waals surface area contributed by atoms with Gasteiger partial charge in [-0.2, -0.15) is 0 Å². The lowest BCUT2D eigenvalue weighted by molar-refractivity contribution is -0.121. The normalized spacial score (nSPS) is 15.0. The van der Waals surface area contributed by atoms with Gasteiger partial charge in [0.2, 0.25) is 0 Å². The standard InChI is InChI=1S/C10H20F2/c1-8(2,3)7-10(11,12)9(4,5)6/h7H2,1-6H3. The highest BCUT2D eigenvalue weighted by molar-refractivity contribution is 4.85. The summed E-state index contributed by atoms with van der Waals surface area (Å²) in [5, 5.41) is 0. The van der Waals surface area contributed by atoms with Crippen molar-refractivity contribution in [3.8, 4) is 0 Å². The Hall–Kier alpha value is -0.140. The maximum atomic E-state index is 13.4. The predicted molar refractivity (Wildman–Crippen MR) is 48.5 cm³/mol. The molecule has 0 unspecified atom stereocenters. The van der Waals surface area contributed by atoms with Crippen molar-refractivity contribution >= 4 is 0 Å². The van der Waals surface area contributed by atoms with Crippen molar-refractivity contribution in [1.82, 2.24) is 0 Å². The van der Waals surface area contributed by atoms with Crippen LogP contribution in [0.5, 0.6) is 0 Å². The smallest absolute Gasteiger partial charge is 0.206 e. The quantitative estimate of drug-likeness (QED) is 0.567. The van der Waals surface area contributed by atoms with Gasteiger partial charge in [0.15, 0.2) is 0 Å². The van der Waals surface area contributed by atoms with Crippen LogP contribution in [-0.2, 0) is 0 Å². The van der Waals surface area contributed by atoms with E-state index in [4.69, 9.17) is 0 Å². The summed E-state index contributed by atoms with van der Waals surface area (Å²) in [6, 6.07) is 0. The Balaban J connectivity index is 4.44. The predicted octanol–water partition coefficient (Wildman–Crippen LogP) is 4.10. The third kappa shape index (κ3) is 3.51. The van der Waals surface area contributed by atoms with Crippen molar-refractivity contribution < 1.29 is 8.78 Å². The molecule has 0 saturated carbocycles. The minimum absolute atomic E-state index is 0.0521. The molecule has 0 amide bonds. The van der Waals surface area contributed by atoms with Crippen LogP contribution < -0.4 is 0 Å². The van der Waals surface area contributed by atoms with Crippen LogP contribution in [0.3, 0.4) is 0 Å². The van der Waals surface area contributed by atoms with Crippen LogP contribution in [0.2, 0.25) is 0 Å². The lowest BCUT2D eigenvalue weighted by atomic mass is 9.78. The third-order valence-electron chi connectivity index (χ3n) is 1.85. The SMILES string of the molecule is CC(C)(C)CC(F)(F)C(C)(C)C. The Morgan fingerprint density at radius 1 is 0.833 bits per heavy atom. The van der Waals surface area contributed by atoms with E-state index in [0.717, 1.165) is 0 Å². The number of hydrogen-bond donors (Lipinski definition) is 0. The van der Waals surface area contributed by atoms with E-state index in [1.54, 1.807) is 20.8 Å². The Kier molecular flexibility index (Phi) is 2.93. The fraction of sp³-hybridized carbons (Fsp3) is 1.00. The molecule has 0 atom stereocenters. The maximum absolute atomic E-state index is 13.4. The van der Waals surface area contributed by atoms with Crippen molar-refractivity contribution in [3.05, 3.63) is 0 Å². The second kappa shape index (κ2) is 2.97. The molecule has 0 N–H and O–H groups in total. The molecule has 0 spiro atoms. The first-order valence-corrected chi connectivity index (χ1v) is 4.34. The molecule has 74 valence electrons. The summed E-state index contributed by atoms with van der Waals surface area (Å²) in [6.45, 7) is 10.3. The van der Waals surface area contributed by atoms with E-state index in [2.05, 4.69) is 0 Å². The number of halogens is 2. The lowest BCUT2D eigenvalue weighted by Crippen LogP contribution is -2.37. The van der Waals surface area contributed by atoms with Crippen molar-refractivity contribution in [2.75, 3.05) is 0 Å². The molecule has 0 radical (unpaired) electrons. The second-order valence-electron chi connectivity index (χ2n) is 5.69. The third-order valence-corrected chi connectivity index (χ3v) is 1.85. The zero-order valence-electron chi connectivity index (χ0n) is 8.96. The summed E-state index contributed by atoms with van der Waals surface area (Å²) in [6.07, 6.45) is -0.0521. The zero-order chi connectivity index (χ0) is 10.2. The molecule has 0 nitrogen and oxygen atoms in total. The minimum Gasteiger partial charge on any atom is -0.206 e. The lowest BCUT2D eigenvalue weighted by Gasteiger charge is -2.35. The van der Waals surface area contributed by atoms with Gasteiger partial charge in [-0.05, 0) is 5.41 Å². The van der Waals surface area contributed by atoms with E-state index in [9.17, 15) is 8.78 Å². The van der Waals surface area contributed by atoms with E-state index in [-0.39, 0.29) is 11.8 Å². The molecule has 0 saturated heterocycles. The van der Waals surface area contributed by atoms with E-state index >= 15 is 0 Å². The summed E-state index contributed by atoms with van der Waals surface area (Å²) < 4.78 is 26.9. The molecule has 0 aliphatic rings. The average molecular weight is 178 g/mol. The minimum atomic E-state index is -2.58. The van der Waals surface area contributed by atoms with Gasteiger partial charge in [0.05, 0.1) is 0 Å². The molecule has 0 fully saturated rings. The molecule has 0 rings (SSSR count). The molecule has 12 heavy (non-hydrogen) atoms. The molecule has 0 aliphatic heterocycles. The average Bonchev–Trinajstić information content (AvgIpc) is 1.52.